The third kappa shape index (κ3) is 33.1. The van der Waals surface area contributed by atoms with Crippen LogP contribution in [0.1, 0.15) is 104 Å². The Labute approximate surface area is 152 Å². The predicted molar refractivity (Wildman–Crippen MR) is 104 cm³/mol. The number of carbonyl (C=O) groups is 1. The Bertz CT molecular complexity index is 255. The van der Waals surface area contributed by atoms with E-state index in [-0.39, 0.29) is 0 Å². The van der Waals surface area contributed by atoms with Crippen molar-refractivity contribution in [1.82, 2.24) is 0 Å². The van der Waals surface area contributed by atoms with E-state index in [2.05, 4.69) is 28.1 Å². The van der Waals surface area contributed by atoms with E-state index < -0.39 is 5.97 Å². The normalized spacial score (nSPS) is 11.0. The summed E-state index contributed by atoms with van der Waals surface area (Å²) in [6, 6.07) is 0. The highest BCUT2D eigenvalue weighted by Gasteiger charge is 2.04. The monoisotopic (exact) mass is 343 g/mol. The molecule has 3 heteroatoms. The molecular weight excluding hydrogens is 298 g/mol. The molecule has 0 aromatic rings. The van der Waals surface area contributed by atoms with Crippen molar-refractivity contribution in [3.8, 4) is 0 Å². The third-order valence-electron chi connectivity index (χ3n) is 4.18. The fraction of sp³-hybridized carbons (Fsp3) is 0.952. The fourth-order valence-electron chi connectivity index (χ4n) is 2.78. The molecular formula is C21H45NO2. The molecule has 0 aromatic carbocycles. The van der Waals surface area contributed by atoms with Crippen molar-refractivity contribution in [3.63, 3.8) is 0 Å². The lowest BCUT2D eigenvalue weighted by Crippen LogP contribution is -2.35. The van der Waals surface area contributed by atoms with E-state index in [1.165, 1.54) is 96.4 Å². The van der Waals surface area contributed by atoms with Gasteiger partial charge < -0.3 is 14.4 Å². The molecule has 0 bridgehead atoms. The number of quaternary nitrogens is 1. The van der Waals surface area contributed by atoms with E-state index >= 15 is 0 Å². The molecule has 0 saturated carbocycles. The predicted octanol–water partition coefficient (Wildman–Crippen LogP) is 4.93. The summed E-state index contributed by atoms with van der Waals surface area (Å²) in [7, 11) is 6.88. The first-order valence-corrected chi connectivity index (χ1v) is 10.3. The first-order chi connectivity index (χ1) is 11.3. The summed E-state index contributed by atoms with van der Waals surface area (Å²) in [5.41, 5.74) is 0. The smallest absolute Gasteiger partial charge is 0.0780 e. The van der Waals surface area contributed by atoms with Crippen LogP contribution in [-0.2, 0) is 4.79 Å². The second-order valence-electron chi connectivity index (χ2n) is 8.10. The van der Waals surface area contributed by atoms with Crippen molar-refractivity contribution in [1.29, 1.82) is 0 Å². The van der Waals surface area contributed by atoms with E-state index in [0.717, 1.165) is 11.4 Å². The highest BCUT2D eigenvalue weighted by atomic mass is 16.4. The SMILES string of the molecule is CC(=O)[O-].CCCCCCCCCCCCCCCC[N+](C)(C)C. The molecule has 0 aliphatic carbocycles. The molecule has 0 aliphatic heterocycles. The number of hydrogen-bond acceptors (Lipinski definition) is 2. The molecule has 0 spiro atoms. The van der Waals surface area contributed by atoms with Gasteiger partial charge in [-0.2, -0.15) is 0 Å². The van der Waals surface area contributed by atoms with Crippen LogP contribution in [0.3, 0.4) is 0 Å². The lowest BCUT2D eigenvalue weighted by Gasteiger charge is -2.23. The standard InChI is InChI=1S/C19H42N.C2H4O2/c1-5-6-7-8-9-10-11-12-13-14-15-16-17-18-19-20(2,3)4;1-2(3)4/h5-19H2,1-4H3;1H3,(H,3,4)/q+1;/p-1. The molecule has 146 valence electrons. The van der Waals surface area contributed by atoms with E-state index in [4.69, 9.17) is 9.90 Å². The molecule has 0 heterocycles. The Kier molecular flexibility index (Phi) is 20.1. The summed E-state index contributed by atoms with van der Waals surface area (Å²) in [6.45, 7) is 4.60. The van der Waals surface area contributed by atoms with Crippen LogP contribution >= 0.6 is 0 Å². The molecule has 0 N–H and O–H groups in total. The number of carboxylic acid groups (broad SMARTS) is 1. The average molecular weight is 344 g/mol. The van der Waals surface area contributed by atoms with Crippen molar-refractivity contribution in [2.75, 3.05) is 27.7 Å². The van der Waals surface area contributed by atoms with Crippen LogP contribution in [0.25, 0.3) is 0 Å². The molecule has 24 heavy (non-hydrogen) atoms. The summed E-state index contributed by atoms with van der Waals surface area (Å²) in [5, 5.41) is 8.89. The van der Waals surface area contributed by atoms with Crippen LogP contribution in [0.15, 0.2) is 0 Å². The van der Waals surface area contributed by atoms with Gasteiger partial charge in [-0.3, -0.25) is 0 Å². The van der Waals surface area contributed by atoms with Crippen LogP contribution in [0.5, 0.6) is 0 Å². The van der Waals surface area contributed by atoms with Gasteiger partial charge in [0.25, 0.3) is 0 Å². The molecule has 0 radical (unpaired) electrons. The van der Waals surface area contributed by atoms with Crippen molar-refractivity contribution < 1.29 is 14.4 Å². The topological polar surface area (TPSA) is 40.1 Å². The molecule has 0 rings (SSSR count). The average Bonchev–Trinajstić information content (AvgIpc) is 2.46. The molecule has 0 unspecified atom stereocenters. The molecule has 0 amide bonds. The van der Waals surface area contributed by atoms with Crippen molar-refractivity contribution in [3.05, 3.63) is 0 Å². The third-order valence-corrected chi connectivity index (χ3v) is 4.18. The van der Waals surface area contributed by atoms with Gasteiger partial charge in [-0.25, -0.2) is 0 Å². The zero-order chi connectivity index (χ0) is 18.7. The maximum Gasteiger partial charge on any atom is 0.0780 e. The Morgan fingerprint density at radius 2 is 0.917 bits per heavy atom. The minimum absolute atomic E-state index is 0.972. The minimum Gasteiger partial charge on any atom is -0.550 e. The van der Waals surface area contributed by atoms with Crippen molar-refractivity contribution in [2.24, 2.45) is 0 Å². The first kappa shape index (κ1) is 25.7. The highest BCUT2D eigenvalue weighted by Crippen LogP contribution is 2.13. The summed E-state index contributed by atoms with van der Waals surface area (Å²) in [5.74, 6) is -1.08. The molecule has 0 aliphatic rings. The van der Waals surface area contributed by atoms with Crippen molar-refractivity contribution in [2.45, 2.75) is 104 Å². The number of hydrogen-bond donors (Lipinski definition) is 0. The van der Waals surface area contributed by atoms with E-state index in [1.807, 2.05) is 0 Å². The van der Waals surface area contributed by atoms with Crippen LogP contribution in [0.2, 0.25) is 0 Å². The van der Waals surface area contributed by atoms with Gasteiger partial charge in [-0.1, -0.05) is 84.0 Å². The van der Waals surface area contributed by atoms with Gasteiger partial charge in [0.05, 0.1) is 27.7 Å². The Hall–Kier alpha value is -0.570. The summed E-state index contributed by atoms with van der Waals surface area (Å²) in [4.78, 5) is 8.89. The van der Waals surface area contributed by atoms with Gasteiger partial charge in [0.15, 0.2) is 0 Å². The zero-order valence-corrected chi connectivity index (χ0v) is 17.4. The highest BCUT2D eigenvalue weighted by molar-refractivity contribution is 5.60. The van der Waals surface area contributed by atoms with E-state index in [1.54, 1.807) is 0 Å². The number of unbranched alkanes of at least 4 members (excludes halogenated alkanes) is 13. The number of nitrogens with zero attached hydrogens (tertiary/aromatic N) is 1. The number of carbonyl (C=O) groups excluding carboxylic acids is 1. The van der Waals surface area contributed by atoms with E-state index in [0.29, 0.717) is 0 Å². The van der Waals surface area contributed by atoms with Gasteiger partial charge in [-0.15, -0.1) is 0 Å². The maximum atomic E-state index is 8.89. The summed E-state index contributed by atoms with van der Waals surface area (Å²) in [6.07, 6.45) is 20.4. The Morgan fingerprint density at radius 3 is 1.17 bits per heavy atom. The molecule has 0 aromatic heterocycles. The molecule has 0 saturated heterocycles. The van der Waals surface area contributed by atoms with Gasteiger partial charge in [0.2, 0.25) is 0 Å². The molecule has 0 atom stereocenters. The maximum absolute atomic E-state index is 8.89. The van der Waals surface area contributed by atoms with Crippen LogP contribution in [0, 0.1) is 0 Å². The van der Waals surface area contributed by atoms with Crippen LogP contribution in [0.4, 0.5) is 0 Å². The molecule has 0 fully saturated rings. The van der Waals surface area contributed by atoms with Crippen LogP contribution < -0.4 is 5.11 Å². The number of aliphatic carboxylic acids is 1. The van der Waals surface area contributed by atoms with Gasteiger partial charge in [0, 0.05) is 5.97 Å². The Morgan fingerprint density at radius 1 is 0.667 bits per heavy atom. The van der Waals surface area contributed by atoms with E-state index in [9.17, 15) is 0 Å². The Balaban J connectivity index is 0. The molecule has 3 nitrogen and oxygen atoms in total. The largest absolute Gasteiger partial charge is 0.550 e. The summed E-state index contributed by atoms with van der Waals surface area (Å²) < 4.78 is 1.12. The number of carboxylic acids is 1. The van der Waals surface area contributed by atoms with Gasteiger partial charge in [0.1, 0.15) is 0 Å². The lowest BCUT2D eigenvalue weighted by atomic mass is 10.0. The quantitative estimate of drug-likeness (QED) is 0.312. The second-order valence-corrected chi connectivity index (χ2v) is 8.10. The van der Waals surface area contributed by atoms with Crippen LogP contribution in [-0.4, -0.2) is 38.1 Å². The minimum atomic E-state index is -1.08. The fourth-order valence-corrected chi connectivity index (χ4v) is 2.78. The number of rotatable bonds is 15. The van der Waals surface area contributed by atoms with Gasteiger partial charge in [-0.05, 0) is 19.8 Å². The lowest BCUT2D eigenvalue weighted by molar-refractivity contribution is -0.870. The summed E-state index contributed by atoms with van der Waals surface area (Å²) >= 11 is 0. The van der Waals surface area contributed by atoms with Gasteiger partial charge >= 0.3 is 0 Å². The first-order valence-electron chi connectivity index (χ1n) is 10.3. The second kappa shape index (κ2) is 18.8. The zero-order valence-electron chi connectivity index (χ0n) is 17.4. The van der Waals surface area contributed by atoms with Crippen molar-refractivity contribution >= 4 is 5.97 Å².